The molecule has 0 fully saturated rings. The SMILES string of the molecule is CC(C)CN1C(=O)N=C(N)C12CCc1cc(Br)ccc1C2. The summed E-state index contributed by atoms with van der Waals surface area (Å²) < 4.78 is 1.10. The zero-order valence-corrected chi connectivity index (χ0v) is 14.0. The van der Waals surface area contributed by atoms with E-state index >= 15 is 0 Å². The summed E-state index contributed by atoms with van der Waals surface area (Å²) >= 11 is 3.52. The van der Waals surface area contributed by atoms with Gasteiger partial charge in [0.1, 0.15) is 11.4 Å². The lowest BCUT2D eigenvalue weighted by molar-refractivity contribution is 0.150. The second-order valence-corrected chi connectivity index (χ2v) is 7.32. The van der Waals surface area contributed by atoms with E-state index in [0.717, 1.165) is 23.7 Å². The number of urea groups is 1. The first kappa shape index (κ1) is 14.6. The van der Waals surface area contributed by atoms with Gasteiger partial charge in [0, 0.05) is 17.4 Å². The van der Waals surface area contributed by atoms with Crippen LogP contribution in [0.15, 0.2) is 27.7 Å². The van der Waals surface area contributed by atoms with Gasteiger partial charge in [-0.1, -0.05) is 35.8 Å². The van der Waals surface area contributed by atoms with Gasteiger partial charge in [-0.25, -0.2) is 4.79 Å². The van der Waals surface area contributed by atoms with Crippen LogP contribution in [-0.4, -0.2) is 28.9 Å². The number of carbonyl (C=O) groups excluding carboxylic acids is 1. The standard InChI is InChI=1S/C16H20BrN3O/c1-10(2)9-20-15(21)19-14(18)16(20)6-5-11-7-13(17)4-3-12(11)8-16/h3-4,7,10H,5-6,8-9H2,1-2H3,(H2,18,19,21). The summed E-state index contributed by atoms with van der Waals surface area (Å²) in [4.78, 5) is 18.2. The Balaban J connectivity index is 1.98. The molecule has 1 aromatic carbocycles. The minimum Gasteiger partial charge on any atom is -0.385 e. The number of benzene rings is 1. The highest BCUT2D eigenvalue weighted by molar-refractivity contribution is 9.10. The van der Waals surface area contributed by atoms with Crippen molar-refractivity contribution in [3.63, 3.8) is 0 Å². The minimum absolute atomic E-state index is 0.179. The number of nitrogens with zero attached hydrogens (tertiary/aromatic N) is 2. The number of hydrogen-bond acceptors (Lipinski definition) is 2. The van der Waals surface area contributed by atoms with Crippen molar-refractivity contribution in [3.8, 4) is 0 Å². The molecule has 21 heavy (non-hydrogen) atoms. The third-order valence-corrected chi connectivity index (χ3v) is 4.94. The van der Waals surface area contributed by atoms with Crippen LogP contribution in [0.1, 0.15) is 31.4 Å². The number of rotatable bonds is 2. The Bertz CT molecular complexity index is 626. The van der Waals surface area contributed by atoms with Gasteiger partial charge in [0.05, 0.1) is 0 Å². The Morgan fingerprint density at radius 1 is 1.43 bits per heavy atom. The lowest BCUT2D eigenvalue weighted by atomic mass is 9.76. The predicted octanol–water partition coefficient (Wildman–Crippen LogP) is 3.13. The molecule has 2 amide bonds. The van der Waals surface area contributed by atoms with Gasteiger partial charge < -0.3 is 10.6 Å². The molecular formula is C16H20BrN3O. The van der Waals surface area contributed by atoms with Crippen molar-refractivity contribution in [2.75, 3.05) is 6.54 Å². The van der Waals surface area contributed by atoms with Crippen molar-refractivity contribution in [1.29, 1.82) is 0 Å². The van der Waals surface area contributed by atoms with Gasteiger partial charge in [0.25, 0.3) is 0 Å². The van der Waals surface area contributed by atoms with Crippen molar-refractivity contribution in [2.24, 2.45) is 16.6 Å². The summed E-state index contributed by atoms with van der Waals surface area (Å²) in [5, 5.41) is 0. The summed E-state index contributed by atoms with van der Waals surface area (Å²) in [5.41, 5.74) is 8.36. The van der Waals surface area contributed by atoms with Crippen molar-refractivity contribution in [3.05, 3.63) is 33.8 Å². The highest BCUT2D eigenvalue weighted by Crippen LogP contribution is 2.38. The number of aryl methyl sites for hydroxylation is 1. The molecule has 5 heteroatoms. The summed E-state index contributed by atoms with van der Waals surface area (Å²) in [6.07, 6.45) is 2.54. The molecule has 0 bridgehead atoms. The van der Waals surface area contributed by atoms with Crippen LogP contribution in [0.2, 0.25) is 0 Å². The van der Waals surface area contributed by atoms with E-state index in [4.69, 9.17) is 5.73 Å². The molecule has 0 radical (unpaired) electrons. The molecule has 1 atom stereocenters. The number of amides is 2. The molecule has 112 valence electrons. The molecular weight excluding hydrogens is 330 g/mol. The largest absolute Gasteiger partial charge is 0.385 e. The van der Waals surface area contributed by atoms with Crippen LogP contribution in [0.25, 0.3) is 0 Å². The molecule has 0 aromatic heterocycles. The number of nitrogens with two attached hydrogens (primary N) is 1. The van der Waals surface area contributed by atoms with Crippen LogP contribution in [-0.2, 0) is 12.8 Å². The van der Waals surface area contributed by atoms with Crippen LogP contribution in [0.3, 0.4) is 0 Å². The molecule has 1 aliphatic heterocycles. The van der Waals surface area contributed by atoms with Gasteiger partial charge in [-0.05, 0) is 42.0 Å². The van der Waals surface area contributed by atoms with Gasteiger partial charge in [0.2, 0.25) is 0 Å². The quantitative estimate of drug-likeness (QED) is 0.891. The van der Waals surface area contributed by atoms with Gasteiger partial charge in [-0.15, -0.1) is 0 Å². The Morgan fingerprint density at radius 2 is 2.19 bits per heavy atom. The van der Waals surface area contributed by atoms with Gasteiger partial charge in [-0.3, -0.25) is 0 Å². The maximum atomic E-state index is 12.2. The van der Waals surface area contributed by atoms with E-state index in [-0.39, 0.29) is 6.03 Å². The van der Waals surface area contributed by atoms with Crippen molar-refractivity contribution in [1.82, 2.24) is 4.90 Å². The molecule has 2 aliphatic rings. The first-order valence-corrected chi connectivity index (χ1v) is 8.15. The fourth-order valence-electron chi connectivity index (χ4n) is 3.40. The number of carbonyl (C=O) groups is 1. The van der Waals surface area contributed by atoms with Crippen molar-refractivity contribution >= 4 is 27.8 Å². The average Bonchev–Trinajstić information content (AvgIpc) is 2.63. The molecule has 1 spiro atoms. The second kappa shape index (κ2) is 5.13. The van der Waals surface area contributed by atoms with E-state index in [1.54, 1.807) is 0 Å². The summed E-state index contributed by atoms with van der Waals surface area (Å²) in [6, 6.07) is 6.17. The van der Waals surface area contributed by atoms with Gasteiger partial charge in [0.15, 0.2) is 0 Å². The molecule has 4 nitrogen and oxygen atoms in total. The summed E-state index contributed by atoms with van der Waals surface area (Å²) in [5.74, 6) is 0.889. The maximum absolute atomic E-state index is 12.2. The molecule has 1 aromatic rings. The fourth-order valence-corrected chi connectivity index (χ4v) is 3.81. The highest BCUT2D eigenvalue weighted by Gasteiger charge is 2.49. The van der Waals surface area contributed by atoms with E-state index in [0.29, 0.717) is 18.3 Å². The Morgan fingerprint density at radius 3 is 2.90 bits per heavy atom. The smallest absolute Gasteiger partial charge is 0.346 e. The van der Waals surface area contributed by atoms with E-state index in [9.17, 15) is 4.79 Å². The third kappa shape index (κ3) is 2.37. The zero-order chi connectivity index (χ0) is 15.2. The number of halogens is 1. The highest BCUT2D eigenvalue weighted by atomic mass is 79.9. The Kier molecular flexibility index (Phi) is 3.56. The first-order chi connectivity index (χ1) is 9.92. The normalized spacial score (nSPS) is 24.7. The molecule has 0 saturated heterocycles. The summed E-state index contributed by atoms with van der Waals surface area (Å²) in [7, 11) is 0. The fraction of sp³-hybridized carbons (Fsp3) is 0.500. The summed E-state index contributed by atoms with van der Waals surface area (Å²) in [6.45, 7) is 4.93. The minimum atomic E-state index is -0.415. The van der Waals surface area contributed by atoms with Crippen LogP contribution in [0.5, 0.6) is 0 Å². The molecule has 3 rings (SSSR count). The van der Waals surface area contributed by atoms with Crippen LogP contribution in [0.4, 0.5) is 4.79 Å². The molecule has 1 aliphatic carbocycles. The van der Waals surface area contributed by atoms with Crippen LogP contribution >= 0.6 is 15.9 Å². The van der Waals surface area contributed by atoms with E-state index < -0.39 is 5.54 Å². The van der Waals surface area contributed by atoms with Crippen molar-refractivity contribution in [2.45, 2.75) is 38.6 Å². The van der Waals surface area contributed by atoms with Crippen molar-refractivity contribution < 1.29 is 4.79 Å². The second-order valence-electron chi connectivity index (χ2n) is 6.41. The van der Waals surface area contributed by atoms with E-state index in [1.165, 1.54) is 11.1 Å². The van der Waals surface area contributed by atoms with Crippen LogP contribution < -0.4 is 5.73 Å². The van der Waals surface area contributed by atoms with Gasteiger partial charge in [-0.2, -0.15) is 4.99 Å². The lowest BCUT2D eigenvalue weighted by Crippen LogP contribution is -2.58. The molecule has 1 unspecified atom stereocenters. The number of fused-ring (bicyclic) bond motifs is 1. The average molecular weight is 350 g/mol. The van der Waals surface area contributed by atoms with E-state index in [2.05, 4.69) is 53.0 Å². The predicted molar refractivity (Wildman–Crippen MR) is 87.5 cm³/mol. The number of amidine groups is 1. The van der Waals surface area contributed by atoms with Crippen LogP contribution in [0, 0.1) is 5.92 Å². The topological polar surface area (TPSA) is 58.7 Å². The van der Waals surface area contributed by atoms with E-state index in [1.807, 2.05) is 4.90 Å². The number of aliphatic imine (C=N–C) groups is 1. The number of hydrogen-bond donors (Lipinski definition) is 1. The van der Waals surface area contributed by atoms with Gasteiger partial charge >= 0.3 is 6.03 Å². The molecule has 0 saturated carbocycles. The monoisotopic (exact) mass is 349 g/mol. The maximum Gasteiger partial charge on any atom is 0.346 e. The third-order valence-electron chi connectivity index (χ3n) is 4.45. The molecule has 2 N–H and O–H groups in total. The molecule has 1 heterocycles. The first-order valence-electron chi connectivity index (χ1n) is 7.36. The Labute approximate surface area is 133 Å². The zero-order valence-electron chi connectivity index (χ0n) is 12.4. The lowest BCUT2D eigenvalue weighted by Gasteiger charge is -2.42. The Hall–Kier alpha value is -1.36.